The quantitative estimate of drug-likeness (QED) is 0.845. The van der Waals surface area contributed by atoms with Gasteiger partial charge in [0.25, 0.3) is 0 Å². The van der Waals surface area contributed by atoms with E-state index in [0.29, 0.717) is 11.3 Å². The van der Waals surface area contributed by atoms with E-state index in [1.54, 1.807) is 24.3 Å². The maximum atomic E-state index is 13.7. The third kappa shape index (κ3) is 2.50. The lowest BCUT2D eigenvalue weighted by molar-refractivity contribution is 0.596. The second-order valence-electron chi connectivity index (χ2n) is 4.32. The Kier molecular flexibility index (Phi) is 3.60. The summed E-state index contributed by atoms with van der Waals surface area (Å²) in [6.45, 7) is 3.63. The van der Waals surface area contributed by atoms with Gasteiger partial charge >= 0.3 is 0 Å². The molecule has 0 saturated carbocycles. The van der Waals surface area contributed by atoms with E-state index in [1.165, 1.54) is 12.1 Å². The molecule has 0 spiro atoms. The molecule has 2 aromatic rings. The predicted octanol–water partition coefficient (Wildman–Crippen LogP) is 4.45. The first-order valence-corrected chi connectivity index (χ1v) is 5.85. The normalized spacial score (nSPS) is 12.2. The van der Waals surface area contributed by atoms with Gasteiger partial charge in [0.2, 0.25) is 0 Å². The highest BCUT2D eigenvalue weighted by Gasteiger charge is 2.13. The molecule has 0 bridgehead atoms. The Morgan fingerprint density at radius 1 is 0.944 bits per heavy atom. The molecular weight excluding hydrogens is 232 g/mol. The zero-order valence-electron chi connectivity index (χ0n) is 10.4. The van der Waals surface area contributed by atoms with Crippen molar-refractivity contribution < 1.29 is 8.78 Å². The third-order valence-electron chi connectivity index (χ3n) is 2.95. The van der Waals surface area contributed by atoms with Crippen LogP contribution in [0, 0.1) is 18.6 Å². The van der Waals surface area contributed by atoms with E-state index in [-0.39, 0.29) is 17.7 Å². The number of rotatable bonds is 3. The van der Waals surface area contributed by atoms with Crippen LogP contribution in [0.1, 0.15) is 24.1 Å². The van der Waals surface area contributed by atoms with E-state index in [9.17, 15) is 8.78 Å². The summed E-state index contributed by atoms with van der Waals surface area (Å²) in [4.78, 5) is 0. The molecule has 0 amide bonds. The Balaban J connectivity index is 2.27. The second-order valence-corrected chi connectivity index (χ2v) is 4.32. The molecule has 1 N–H and O–H groups in total. The molecule has 0 aromatic heterocycles. The van der Waals surface area contributed by atoms with Gasteiger partial charge in [0.05, 0.1) is 11.7 Å². The zero-order chi connectivity index (χ0) is 13.1. The van der Waals surface area contributed by atoms with Gasteiger partial charge in [0.15, 0.2) is 0 Å². The van der Waals surface area contributed by atoms with Gasteiger partial charge in [-0.25, -0.2) is 8.78 Å². The lowest BCUT2D eigenvalue weighted by atomic mass is 10.1. The summed E-state index contributed by atoms with van der Waals surface area (Å²) in [6, 6.07) is 11.1. The second kappa shape index (κ2) is 5.17. The number of para-hydroxylation sites is 1. The first-order chi connectivity index (χ1) is 8.59. The standard InChI is InChI=1S/C15H15F2N/c1-10-6-5-9-14(17)15(10)18-11(2)12-7-3-4-8-13(12)16/h3-9,11,18H,1-2H3. The fraction of sp³-hybridized carbons (Fsp3) is 0.200. The fourth-order valence-electron chi connectivity index (χ4n) is 1.94. The SMILES string of the molecule is Cc1cccc(F)c1NC(C)c1ccccc1F. The van der Waals surface area contributed by atoms with E-state index in [0.717, 1.165) is 5.56 Å². The molecule has 1 nitrogen and oxygen atoms in total. The van der Waals surface area contributed by atoms with Crippen molar-refractivity contribution in [2.24, 2.45) is 0 Å². The number of anilines is 1. The highest BCUT2D eigenvalue weighted by molar-refractivity contribution is 5.53. The zero-order valence-corrected chi connectivity index (χ0v) is 10.4. The maximum absolute atomic E-state index is 13.7. The van der Waals surface area contributed by atoms with Crippen molar-refractivity contribution in [1.29, 1.82) is 0 Å². The minimum Gasteiger partial charge on any atom is -0.376 e. The summed E-state index contributed by atoms with van der Waals surface area (Å²) in [5.74, 6) is -0.607. The Morgan fingerprint density at radius 3 is 2.28 bits per heavy atom. The van der Waals surface area contributed by atoms with Crippen LogP contribution in [0.15, 0.2) is 42.5 Å². The van der Waals surface area contributed by atoms with Crippen LogP contribution in [0.5, 0.6) is 0 Å². The Hall–Kier alpha value is -1.90. The lowest BCUT2D eigenvalue weighted by Gasteiger charge is -2.18. The van der Waals surface area contributed by atoms with Crippen LogP contribution in [-0.2, 0) is 0 Å². The molecule has 0 aliphatic carbocycles. The average Bonchev–Trinajstić information content (AvgIpc) is 2.34. The van der Waals surface area contributed by atoms with Gasteiger partial charge in [-0.05, 0) is 31.5 Å². The first kappa shape index (κ1) is 12.6. The Labute approximate surface area is 105 Å². The van der Waals surface area contributed by atoms with Gasteiger partial charge in [-0.3, -0.25) is 0 Å². The summed E-state index contributed by atoms with van der Waals surface area (Å²) in [5.41, 5.74) is 1.76. The smallest absolute Gasteiger partial charge is 0.146 e. The highest BCUT2D eigenvalue weighted by atomic mass is 19.1. The molecule has 1 atom stereocenters. The van der Waals surface area contributed by atoms with Gasteiger partial charge in [-0.15, -0.1) is 0 Å². The van der Waals surface area contributed by atoms with Crippen LogP contribution in [0.3, 0.4) is 0 Å². The Bertz CT molecular complexity index is 532. The molecule has 0 radical (unpaired) electrons. The van der Waals surface area contributed by atoms with Gasteiger partial charge in [0.1, 0.15) is 11.6 Å². The summed E-state index contributed by atoms with van der Waals surface area (Å²) in [5, 5.41) is 3.02. The molecule has 0 aliphatic heterocycles. The largest absolute Gasteiger partial charge is 0.376 e. The van der Waals surface area contributed by atoms with Crippen LogP contribution in [-0.4, -0.2) is 0 Å². The Morgan fingerprint density at radius 2 is 1.61 bits per heavy atom. The topological polar surface area (TPSA) is 12.0 Å². The number of halogens is 2. The molecule has 0 heterocycles. The van der Waals surface area contributed by atoms with Crippen molar-refractivity contribution >= 4 is 5.69 Å². The molecule has 94 valence electrons. The molecule has 2 aromatic carbocycles. The van der Waals surface area contributed by atoms with Crippen LogP contribution in [0.4, 0.5) is 14.5 Å². The van der Waals surface area contributed by atoms with E-state index in [1.807, 2.05) is 19.9 Å². The van der Waals surface area contributed by atoms with E-state index in [2.05, 4.69) is 5.32 Å². The fourth-order valence-corrected chi connectivity index (χ4v) is 1.94. The van der Waals surface area contributed by atoms with Crippen LogP contribution in [0.2, 0.25) is 0 Å². The van der Waals surface area contributed by atoms with Crippen molar-refractivity contribution in [3.63, 3.8) is 0 Å². The van der Waals surface area contributed by atoms with E-state index in [4.69, 9.17) is 0 Å². The molecule has 18 heavy (non-hydrogen) atoms. The molecule has 0 saturated heterocycles. The summed E-state index contributed by atoms with van der Waals surface area (Å²) >= 11 is 0. The van der Waals surface area contributed by atoms with Crippen molar-refractivity contribution in [3.8, 4) is 0 Å². The molecule has 0 aliphatic rings. The minimum atomic E-state index is -0.321. The number of aryl methyl sites for hydroxylation is 1. The van der Waals surface area contributed by atoms with Crippen LogP contribution < -0.4 is 5.32 Å². The molecule has 0 fully saturated rings. The van der Waals surface area contributed by atoms with E-state index < -0.39 is 0 Å². The van der Waals surface area contributed by atoms with Gasteiger partial charge < -0.3 is 5.32 Å². The first-order valence-electron chi connectivity index (χ1n) is 5.85. The van der Waals surface area contributed by atoms with Crippen molar-refractivity contribution in [1.82, 2.24) is 0 Å². The number of nitrogens with one attached hydrogen (secondary N) is 1. The number of hydrogen-bond donors (Lipinski definition) is 1. The monoisotopic (exact) mass is 247 g/mol. The summed E-state index contributed by atoms with van der Waals surface area (Å²) in [7, 11) is 0. The predicted molar refractivity (Wildman–Crippen MR) is 69.6 cm³/mol. The molecule has 1 unspecified atom stereocenters. The molecule has 3 heteroatoms. The third-order valence-corrected chi connectivity index (χ3v) is 2.95. The van der Waals surface area contributed by atoms with Crippen molar-refractivity contribution in [2.45, 2.75) is 19.9 Å². The van der Waals surface area contributed by atoms with Crippen molar-refractivity contribution in [2.75, 3.05) is 5.32 Å². The average molecular weight is 247 g/mol. The molecule has 2 rings (SSSR count). The molecular formula is C15H15F2N. The van der Waals surface area contributed by atoms with Crippen LogP contribution >= 0.6 is 0 Å². The minimum absolute atomic E-state index is 0.286. The number of benzene rings is 2. The number of hydrogen-bond acceptors (Lipinski definition) is 1. The van der Waals surface area contributed by atoms with Gasteiger partial charge in [-0.2, -0.15) is 0 Å². The maximum Gasteiger partial charge on any atom is 0.146 e. The highest BCUT2D eigenvalue weighted by Crippen LogP contribution is 2.25. The summed E-state index contributed by atoms with van der Waals surface area (Å²) < 4.78 is 27.3. The van der Waals surface area contributed by atoms with E-state index >= 15 is 0 Å². The summed E-state index contributed by atoms with van der Waals surface area (Å²) in [6.07, 6.45) is 0. The van der Waals surface area contributed by atoms with Gasteiger partial charge in [0, 0.05) is 5.56 Å². The lowest BCUT2D eigenvalue weighted by Crippen LogP contribution is -2.10. The van der Waals surface area contributed by atoms with Gasteiger partial charge in [-0.1, -0.05) is 30.3 Å². The van der Waals surface area contributed by atoms with Crippen LogP contribution in [0.25, 0.3) is 0 Å². The van der Waals surface area contributed by atoms with Crippen molar-refractivity contribution in [3.05, 3.63) is 65.2 Å².